The highest BCUT2D eigenvalue weighted by Gasteiger charge is 2.19. The van der Waals surface area contributed by atoms with Crippen molar-refractivity contribution in [2.24, 2.45) is 5.73 Å². The Morgan fingerprint density at radius 2 is 2.33 bits per heavy atom. The van der Waals surface area contributed by atoms with E-state index in [1.165, 1.54) is 5.56 Å². The lowest BCUT2D eigenvalue weighted by Gasteiger charge is -2.31. The third-order valence-electron chi connectivity index (χ3n) is 3.08. The molecule has 0 amide bonds. The van der Waals surface area contributed by atoms with Crippen LogP contribution in [-0.4, -0.2) is 47.0 Å². The van der Waals surface area contributed by atoms with Gasteiger partial charge in [-0.25, -0.2) is 0 Å². The summed E-state index contributed by atoms with van der Waals surface area (Å²) >= 11 is 0. The van der Waals surface area contributed by atoms with E-state index in [2.05, 4.69) is 30.0 Å². The molecule has 0 spiro atoms. The fraction of sp³-hybridized carbons (Fsp3) is 0.750. The lowest BCUT2D eigenvalue weighted by atomic mass is 10.2. The molecule has 0 aliphatic carbocycles. The SMILES string of the molecule is CC(C)n1cc(CN2CCOC(CN)C2)cn1.Cl. The molecular weight excluding hydrogens is 252 g/mol. The summed E-state index contributed by atoms with van der Waals surface area (Å²) in [5.41, 5.74) is 6.90. The van der Waals surface area contributed by atoms with E-state index in [4.69, 9.17) is 10.5 Å². The Labute approximate surface area is 115 Å². The number of nitrogens with two attached hydrogens (primary N) is 1. The van der Waals surface area contributed by atoms with Gasteiger partial charge in [-0.3, -0.25) is 9.58 Å². The first-order valence-electron chi connectivity index (χ1n) is 6.26. The summed E-state index contributed by atoms with van der Waals surface area (Å²) < 4.78 is 7.55. The Kier molecular flexibility index (Phi) is 6.08. The van der Waals surface area contributed by atoms with Crippen LogP contribution in [0.1, 0.15) is 25.5 Å². The molecule has 1 fully saturated rings. The molecule has 1 atom stereocenters. The molecule has 18 heavy (non-hydrogen) atoms. The average Bonchev–Trinajstić information content (AvgIpc) is 2.78. The van der Waals surface area contributed by atoms with Gasteiger partial charge in [0.2, 0.25) is 0 Å². The van der Waals surface area contributed by atoms with Crippen molar-refractivity contribution < 1.29 is 4.74 Å². The maximum Gasteiger partial charge on any atom is 0.0824 e. The highest BCUT2D eigenvalue weighted by molar-refractivity contribution is 5.85. The van der Waals surface area contributed by atoms with E-state index in [-0.39, 0.29) is 18.5 Å². The van der Waals surface area contributed by atoms with Gasteiger partial charge in [0.1, 0.15) is 0 Å². The van der Waals surface area contributed by atoms with Gasteiger partial charge in [0, 0.05) is 44.0 Å². The maximum absolute atomic E-state index is 5.63. The Bertz CT molecular complexity index is 356. The van der Waals surface area contributed by atoms with Crippen molar-refractivity contribution in [3.63, 3.8) is 0 Å². The predicted octanol–water partition coefficient (Wildman–Crippen LogP) is 1.05. The lowest BCUT2D eigenvalue weighted by Crippen LogP contribution is -2.45. The van der Waals surface area contributed by atoms with E-state index < -0.39 is 0 Å². The Balaban J connectivity index is 0.00000162. The normalized spacial score (nSPS) is 21.0. The second-order valence-electron chi connectivity index (χ2n) is 4.89. The zero-order valence-corrected chi connectivity index (χ0v) is 11.9. The topological polar surface area (TPSA) is 56.3 Å². The minimum absolute atomic E-state index is 0. The summed E-state index contributed by atoms with van der Waals surface area (Å²) in [5.74, 6) is 0. The minimum Gasteiger partial charge on any atom is -0.374 e. The van der Waals surface area contributed by atoms with Crippen LogP contribution in [0.5, 0.6) is 0 Å². The fourth-order valence-electron chi connectivity index (χ4n) is 2.07. The molecule has 2 heterocycles. The van der Waals surface area contributed by atoms with Crippen LogP contribution in [0.2, 0.25) is 0 Å². The van der Waals surface area contributed by atoms with Gasteiger partial charge in [-0.15, -0.1) is 12.4 Å². The van der Waals surface area contributed by atoms with Crippen molar-refractivity contribution >= 4 is 12.4 Å². The highest BCUT2D eigenvalue weighted by atomic mass is 35.5. The van der Waals surface area contributed by atoms with Gasteiger partial charge < -0.3 is 10.5 Å². The largest absolute Gasteiger partial charge is 0.374 e. The van der Waals surface area contributed by atoms with Crippen LogP contribution in [-0.2, 0) is 11.3 Å². The summed E-state index contributed by atoms with van der Waals surface area (Å²) in [4.78, 5) is 2.38. The van der Waals surface area contributed by atoms with Gasteiger partial charge in [0.05, 0.1) is 18.9 Å². The summed E-state index contributed by atoms with van der Waals surface area (Å²) in [7, 11) is 0. The van der Waals surface area contributed by atoms with E-state index in [0.717, 1.165) is 26.2 Å². The number of aromatic nitrogens is 2. The lowest BCUT2D eigenvalue weighted by molar-refractivity contribution is -0.0260. The second kappa shape index (κ2) is 7.09. The van der Waals surface area contributed by atoms with Crippen molar-refractivity contribution in [1.82, 2.24) is 14.7 Å². The van der Waals surface area contributed by atoms with Gasteiger partial charge in [-0.2, -0.15) is 5.10 Å². The molecule has 6 heteroatoms. The fourth-order valence-corrected chi connectivity index (χ4v) is 2.07. The van der Waals surface area contributed by atoms with E-state index in [1.54, 1.807) is 0 Å². The second-order valence-corrected chi connectivity index (χ2v) is 4.89. The predicted molar refractivity (Wildman–Crippen MR) is 73.9 cm³/mol. The molecule has 1 aliphatic heterocycles. The van der Waals surface area contributed by atoms with Gasteiger partial charge in [-0.1, -0.05) is 0 Å². The van der Waals surface area contributed by atoms with Crippen LogP contribution >= 0.6 is 12.4 Å². The zero-order valence-electron chi connectivity index (χ0n) is 11.1. The number of nitrogens with zero attached hydrogens (tertiary/aromatic N) is 3. The smallest absolute Gasteiger partial charge is 0.0824 e. The molecule has 0 saturated carbocycles. The van der Waals surface area contributed by atoms with Gasteiger partial charge in [0.25, 0.3) is 0 Å². The van der Waals surface area contributed by atoms with Crippen molar-refractivity contribution in [2.75, 3.05) is 26.2 Å². The Morgan fingerprint density at radius 3 is 2.94 bits per heavy atom. The molecule has 0 bridgehead atoms. The molecule has 2 rings (SSSR count). The number of halogens is 1. The van der Waals surface area contributed by atoms with Crippen LogP contribution in [0.25, 0.3) is 0 Å². The van der Waals surface area contributed by atoms with Crippen LogP contribution in [0.4, 0.5) is 0 Å². The van der Waals surface area contributed by atoms with Crippen molar-refractivity contribution in [3.05, 3.63) is 18.0 Å². The number of hydrogen-bond donors (Lipinski definition) is 1. The van der Waals surface area contributed by atoms with Crippen molar-refractivity contribution in [3.8, 4) is 0 Å². The molecule has 0 radical (unpaired) electrons. The molecule has 1 unspecified atom stereocenters. The van der Waals surface area contributed by atoms with Crippen molar-refractivity contribution in [1.29, 1.82) is 0 Å². The average molecular weight is 275 g/mol. The van der Waals surface area contributed by atoms with Crippen LogP contribution < -0.4 is 5.73 Å². The first-order valence-corrected chi connectivity index (χ1v) is 6.26. The molecule has 1 aromatic heterocycles. The zero-order chi connectivity index (χ0) is 12.3. The monoisotopic (exact) mass is 274 g/mol. The van der Waals surface area contributed by atoms with Crippen LogP contribution in [0.15, 0.2) is 12.4 Å². The third-order valence-corrected chi connectivity index (χ3v) is 3.08. The first-order chi connectivity index (χ1) is 8.19. The van der Waals surface area contributed by atoms with Crippen LogP contribution in [0, 0.1) is 0 Å². The molecular formula is C12H23ClN4O. The van der Waals surface area contributed by atoms with Crippen molar-refractivity contribution in [2.45, 2.75) is 32.5 Å². The summed E-state index contributed by atoms with van der Waals surface area (Å²) in [6, 6.07) is 0.422. The Hall–Kier alpha value is -0.620. The highest BCUT2D eigenvalue weighted by Crippen LogP contribution is 2.11. The molecule has 1 saturated heterocycles. The van der Waals surface area contributed by atoms with E-state index in [0.29, 0.717) is 12.6 Å². The van der Waals surface area contributed by atoms with Gasteiger partial charge in [0.15, 0.2) is 0 Å². The minimum atomic E-state index is 0. The summed E-state index contributed by atoms with van der Waals surface area (Å²) in [6.07, 6.45) is 4.26. The third kappa shape index (κ3) is 3.95. The quantitative estimate of drug-likeness (QED) is 0.892. The van der Waals surface area contributed by atoms with E-state index >= 15 is 0 Å². The maximum atomic E-state index is 5.63. The number of morpholine rings is 1. The van der Waals surface area contributed by atoms with Gasteiger partial charge >= 0.3 is 0 Å². The van der Waals surface area contributed by atoms with Gasteiger partial charge in [-0.05, 0) is 13.8 Å². The number of hydrogen-bond acceptors (Lipinski definition) is 4. The standard InChI is InChI=1S/C12H22N4O.ClH/c1-10(2)16-8-11(6-14-16)7-15-3-4-17-12(5-13)9-15;/h6,8,10,12H,3-5,7,9,13H2,1-2H3;1H. The molecule has 5 nitrogen and oxygen atoms in total. The molecule has 104 valence electrons. The molecule has 1 aromatic rings. The summed E-state index contributed by atoms with van der Waals surface area (Å²) in [5, 5.41) is 4.35. The van der Waals surface area contributed by atoms with Crippen LogP contribution in [0.3, 0.4) is 0 Å². The molecule has 2 N–H and O–H groups in total. The van der Waals surface area contributed by atoms with E-state index in [1.807, 2.05) is 10.9 Å². The molecule has 1 aliphatic rings. The first kappa shape index (κ1) is 15.4. The summed E-state index contributed by atoms with van der Waals surface area (Å²) in [6.45, 7) is 8.48. The molecule has 0 aromatic carbocycles. The number of rotatable bonds is 4. The van der Waals surface area contributed by atoms with E-state index in [9.17, 15) is 0 Å². The number of ether oxygens (including phenoxy) is 1. The Morgan fingerprint density at radius 1 is 1.56 bits per heavy atom.